The maximum Gasteiger partial charge on any atom is 0.256 e. The van der Waals surface area contributed by atoms with Crippen molar-refractivity contribution >= 4 is 11.6 Å². The Kier molecular flexibility index (Phi) is 3.87. The maximum absolute atomic E-state index is 12.6. The van der Waals surface area contributed by atoms with E-state index in [9.17, 15) is 4.79 Å². The number of anilines is 1. The van der Waals surface area contributed by atoms with E-state index in [-0.39, 0.29) is 5.91 Å². The van der Waals surface area contributed by atoms with Crippen LogP contribution in [0.25, 0.3) is 0 Å². The molecule has 2 aliphatic rings. The van der Waals surface area contributed by atoms with E-state index in [0.29, 0.717) is 0 Å². The van der Waals surface area contributed by atoms with Gasteiger partial charge >= 0.3 is 0 Å². The Hall–Kier alpha value is -1.62. The van der Waals surface area contributed by atoms with Crippen LogP contribution in [-0.2, 0) is 0 Å². The van der Waals surface area contributed by atoms with Gasteiger partial charge in [-0.05, 0) is 24.8 Å². The fraction of sp³-hybridized carbons (Fsp3) is 0.600. The third kappa shape index (κ3) is 2.93. The summed E-state index contributed by atoms with van der Waals surface area (Å²) in [6.07, 6.45) is 6.16. The summed E-state index contributed by atoms with van der Waals surface area (Å²) in [4.78, 5) is 21.1. The summed E-state index contributed by atoms with van der Waals surface area (Å²) in [7, 11) is 1.82. The molecule has 2 fully saturated rings. The van der Waals surface area contributed by atoms with E-state index in [0.717, 1.165) is 43.3 Å². The molecular weight excluding hydrogens is 252 g/mol. The minimum Gasteiger partial charge on any atom is -0.386 e. The lowest BCUT2D eigenvalue weighted by Crippen LogP contribution is -2.49. The van der Waals surface area contributed by atoms with Crippen molar-refractivity contribution in [3.8, 4) is 0 Å². The SMILES string of the molecule is CNc1cnccc1C(=O)N1CCN(CC2CC2)CC1. The van der Waals surface area contributed by atoms with Gasteiger partial charge in [0.15, 0.2) is 0 Å². The molecule has 1 saturated heterocycles. The number of rotatable bonds is 4. The van der Waals surface area contributed by atoms with Gasteiger partial charge in [0.2, 0.25) is 0 Å². The van der Waals surface area contributed by atoms with Gasteiger partial charge in [-0.25, -0.2) is 0 Å². The first-order valence-corrected chi connectivity index (χ1v) is 7.41. The molecule has 5 nitrogen and oxygen atoms in total. The van der Waals surface area contributed by atoms with E-state index < -0.39 is 0 Å². The number of carbonyl (C=O) groups excluding carboxylic acids is 1. The fourth-order valence-electron chi connectivity index (χ4n) is 2.75. The van der Waals surface area contributed by atoms with E-state index in [1.807, 2.05) is 11.9 Å². The molecule has 0 spiro atoms. The largest absolute Gasteiger partial charge is 0.386 e. The minimum absolute atomic E-state index is 0.114. The van der Waals surface area contributed by atoms with Crippen LogP contribution in [0.1, 0.15) is 23.2 Å². The van der Waals surface area contributed by atoms with Crippen LogP contribution in [0.2, 0.25) is 0 Å². The number of amides is 1. The molecule has 1 amide bonds. The van der Waals surface area contributed by atoms with Gasteiger partial charge in [-0.1, -0.05) is 0 Å². The Bertz CT molecular complexity index is 479. The van der Waals surface area contributed by atoms with Crippen LogP contribution in [0.15, 0.2) is 18.5 Å². The highest BCUT2D eigenvalue weighted by molar-refractivity contribution is 5.99. The van der Waals surface area contributed by atoms with Crippen molar-refractivity contribution < 1.29 is 4.79 Å². The molecule has 3 rings (SSSR count). The molecule has 1 aromatic heterocycles. The second-order valence-electron chi connectivity index (χ2n) is 5.71. The fourth-order valence-corrected chi connectivity index (χ4v) is 2.75. The summed E-state index contributed by atoms with van der Waals surface area (Å²) in [6.45, 7) is 4.89. The van der Waals surface area contributed by atoms with Crippen LogP contribution in [0.5, 0.6) is 0 Å². The molecule has 1 aliphatic carbocycles. The van der Waals surface area contributed by atoms with E-state index in [4.69, 9.17) is 0 Å². The molecule has 0 bridgehead atoms. The summed E-state index contributed by atoms with van der Waals surface area (Å²) < 4.78 is 0. The molecule has 2 heterocycles. The third-order valence-corrected chi connectivity index (χ3v) is 4.19. The summed E-state index contributed by atoms with van der Waals surface area (Å²) in [5.41, 5.74) is 1.52. The summed E-state index contributed by atoms with van der Waals surface area (Å²) in [5.74, 6) is 1.04. The van der Waals surface area contributed by atoms with Crippen molar-refractivity contribution in [3.63, 3.8) is 0 Å². The second-order valence-corrected chi connectivity index (χ2v) is 5.71. The van der Waals surface area contributed by atoms with Crippen molar-refractivity contribution in [2.75, 3.05) is 45.1 Å². The average molecular weight is 274 g/mol. The number of carbonyl (C=O) groups is 1. The summed E-state index contributed by atoms with van der Waals surface area (Å²) in [6, 6.07) is 1.80. The number of hydrogen-bond acceptors (Lipinski definition) is 4. The monoisotopic (exact) mass is 274 g/mol. The van der Waals surface area contributed by atoms with Gasteiger partial charge in [0.05, 0.1) is 17.4 Å². The molecule has 1 aliphatic heterocycles. The Labute approximate surface area is 120 Å². The van der Waals surface area contributed by atoms with Crippen molar-refractivity contribution in [2.45, 2.75) is 12.8 Å². The van der Waals surface area contributed by atoms with Gasteiger partial charge < -0.3 is 10.2 Å². The Morgan fingerprint density at radius 2 is 2.10 bits per heavy atom. The van der Waals surface area contributed by atoms with Crippen molar-refractivity contribution in [1.82, 2.24) is 14.8 Å². The first kappa shape index (κ1) is 13.4. The van der Waals surface area contributed by atoms with Gasteiger partial charge in [-0.15, -0.1) is 0 Å². The predicted molar refractivity (Wildman–Crippen MR) is 78.9 cm³/mol. The summed E-state index contributed by atoms with van der Waals surface area (Å²) in [5, 5.41) is 3.04. The highest BCUT2D eigenvalue weighted by Gasteiger charge is 2.28. The third-order valence-electron chi connectivity index (χ3n) is 4.19. The number of pyridine rings is 1. The lowest BCUT2D eigenvalue weighted by Gasteiger charge is -2.35. The average Bonchev–Trinajstić information content (AvgIpc) is 3.31. The van der Waals surface area contributed by atoms with Crippen LogP contribution < -0.4 is 5.32 Å². The second kappa shape index (κ2) is 5.79. The number of hydrogen-bond donors (Lipinski definition) is 1. The number of nitrogens with zero attached hydrogens (tertiary/aromatic N) is 3. The number of aromatic nitrogens is 1. The van der Waals surface area contributed by atoms with Crippen LogP contribution in [0, 0.1) is 5.92 Å². The zero-order valence-corrected chi connectivity index (χ0v) is 12.0. The van der Waals surface area contributed by atoms with Crippen molar-refractivity contribution in [3.05, 3.63) is 24.0 Å². The van der Waals surface area contributed by atoms with Crippen LogP contribution in [0.4, 0.5) is 5.69 Å². The van der Waals surface area contributed by atoms with E-state index in [1.54, 1.807) is 18.5 Å². The summed E-state index contributed by atoms with van der Waals surface area (Å²) >= 11 is 0. The Morgan fingerprint density at radius 3 is 2.75 bits per heavy atom. The lowest BCUT2D eigenvalue weighted by molar-refractivity contribution is 0.0633. The normalized spacial score (nSPS) is 19.9. The molecule has 0 unspecified atom stereocenters. The zero-order chi connectivity index (χ0) is 13.9. The quantitative estimate of drug-likeness (QED) is 0.899. The highest BCUT2D eigenvalue weighted by atomic mass is 16.2. The smallest absolute Gasteiger partial charge is 0.256 e. The Balaban J connectivity index is 1.60. The van der Waals surface area contributed by atoms with E-state index in [2.05, 4.69) is 15.2 Å². The number of piperazine rings is 1. The molecule has 20 heavy (non-hydrogen) atoms. The topological polar surface area (TPSA) is 48.5 Å². The highest BCUT2D eigenvalue weighted by Crippen LogP contribution is 2.30. The zero-order valence-electron chi connectivity index (χ0n) is 12.0. The predicted octanol–water partition coefficient (Wildman–Crippen LogP) is 1.29. The van der Waals surface area contributed by atoms with E-state index >= 15 is 0 Å². The first-order valence-electron chi connectivity index (χ1n) is 7.41. The molecular formula is C15H22N4O. The molecule has 0 atom stereocenters. The Morgan fingerprint density at radius 1 is 1.35 bits per heavy atom. The molecule has 5 heteroatoms. The van der Waals surface area contributed by atoms with Crippen LogP contribution in [-0.4, -0.2) is 60.5 Å². The van der Waals surface area contributed by atoms with Crippen molar-refractivity contribution in [1.29, 1.82) is 0 Å². The van der Waals surface area contributed by atoms with Gasteiger partial charge in [0.1, 0.15) is 0 Å². The molecule has 1 aromatic rings. The molecule has 1 saturated carbocycles. The molecule has 108 valence electrons. The standard InChI is InChI=1S/C15H22N4O/c1-16-14-10-17-5-4-13(14)15(20)19-8-6-18(7-9-19)11-12-2-3-12/h4-5,10,12,16H,2-3,6-9,11H2,1H3. The van der Waals surface area contributed by atoms with Gasteiger partial charge in [0.25, 0.3) is 5.91 Å². The molecule has 0 radical (unpaired) electrons. The first-order chi connectivity index (χ1) is 9.78. The van der Waals surface area contributed by atoms with Gasteiger partial charge in [0, 0.05) is 46.0 Å². The van der Waals surface area contributed by atoms with Crippen molar-refractivity contribution in [2.24, 2.45) is 5.92 Å². The molecule has 0 aromatic carbocycles. The van der Waals surface area contributed by atoms with E-state index in [1.165, 1.54) is 19.4 Å². The van der Waals surface area contributed by atoms with Crippen LogP contribution in [0.3, 0.4) is 0 Å². The molecule has 1 N–H and O–H groups in total. The lowest BCUT2D eigenvalue weighted by atomic mass is 10.1. The minimum atomic E-state index is 0.114. The van der Waals surface area contributed by atoms with Gasteiger partial charge in [-0.3, -0.25) is 14.7 Å². The number of nitrogens with one attached hydrogen (secondary N) is 1. The van der Waals surface area contributed by atoms with Crippen LogP contribution >= 0.6 is 0 Å². The maximum atomic E-state index is 12.6. The van der Waals surface area contributed by atoms with Gasteiger partial charge in [-0.2, -0.15) is 0 Å².